The van der Waals surface area contributed by atoms with E-state index in [4.69, 9.17) is 10.5 Å². The van der Waals surface area contributed by atoms with E-state index in [1.807, 2.05) is 12.1 Å². The van der Waals surface area contributed by atoms with Crippen molar-refractivity contribution in [3.63, 3.8) is 0 Å². The Labute approximate surface area is 128 Å². The molecule has 0 radical (unpaired) electrons. The fraction of sp³-hybridized carbons (Fsp3) is 0.0667. The van der Waals surface area contributed by atoms with Crippen LogP contribution in [-0.4, -0.2) is 17.1 Å². The van der Waals surface area contributed by atoms with E-state index in [-0.39, 0.29) is 11.4 Å². The van der Waals surface area contributed by atoms with Crippen molar-refractivity contribution in [3.05, 3.63) is 46.7 Å². The number of halogens is 2. The molecule has 0 aliphatic heterocycles. The van der Waals surface area contributed by atoms with Gasteiger partial charge in [0.15, 0.2) is 5.82 Å². The van der Waals surface area contributed by atoms with E-state index in [0.717, 1.165) is 4.47 Å². The van der Waals surface area contributed by atoms with Crippen molar-refractivity contribution in [2.24, 2.45) is 0 Å². The van der Waals surface area contributed by atoms with E-state index in [9.17, 15) is 4.39 Å². The Hall–Kier alpha value is -2.21. The maximum atomic E-state index is 14.1. The van der Waals surface area contributed by atoms with Crippen LogP contribution in [0.1, 0.15) is 0 Å². The predicted octanol–water partition coefficient (Wildman–Crippen LogP) is 3.79. The van der Waals surface area contributed by atoms with Gasteiger partial charge in [0, 0.05) is 9.86 Å². The number of nitrogen functional groups attached to an aromatic ring is 1. The summed E-state index contributed by atoms with van der Waals surface area (Å²) >= 11 is 3.37. The zero-order valence-electron chi connectivity index (χ0n) is 11.1. The van der Waals surface area contributed by atoms with Crippen molar-refractivity contribution in [2.75, 3.05) is 12.8 Å². The number of rotatable bonds is 2. The Kier molecular flexibility index (Phi) is 3.47. The molecular weight excluding hydrogens is 337 g/mol. The lowest BCUT2D eigenvalue weighted by Gasteiger charge is -2.10. The van der Waals surface area contributed by atoms with Gasteiger partial charge >= 0.3 is 0 Å². The first kappa shape index (κ1) is 13.8. The van der Waals surface area contributed by atoms with Gasteiger partial charge in [0.1, 0.15) is 17.4 Å². The van der Waals surface area contributed by atoms with Crippen LogP contribution in [0.5, 0.6) is 5.75 Å². The molecule has 0 atom stereocenters. The average molecular weight is 348 g/mol. The molecule has 0 saturated carbocycles. The number of benzene rings is 2. The van der Waals surface area contributed by atoms with E-state index in [1.165, 1.54) is 13.2 Å². The standard InChI is InChI=1S/C15H11BrFN3O/c1-21-12-4-2-3-10(17)13(12)15-19-11-6-5-8(16)7-9(11)14(18)20-15/h2-7H,1H3,(H2,18,19,20). The van der Waals surface area contributed by atoms with E-state index < -0.39 is 5.82 Å². The van der Waals surface area contributed by atoms with Crippen LogP contribution in [0.25, 0.3) is 22.3 Å². The summed E-state index contributed by atoms with van der Waals surface area (Å²) < 4.78 is 20.2. The predicted molar refractivity (Wildman–Crippen MR) is 83.6 cm³/mol. The first-order valence-electron chi connectivity index (χ1n) is 6.16. The van der Waals surface area contributed by atoms with Crippen molar-refractivity contribution >= 4 is 32.7 Å². The Bertz CT molecular complexity index is 839. The summed E-state index contributed by atoms with van der Waals surface area (Å²) in [7, 11) is 1.47. The van der Waals surface area contributed by atoms with Gasteiger partial charge in [0.25, 0.3) is 0 Å². The number of hydrogen-bond acceptors (Lipinski definition) is 4. The van der Waals surface area contributed by atoms with E-state index in [1.54, 1.807) is 18.2 Å². The quantitative estimate of drug-likeness (QED) is 0.766. The van der Waals surface area contributed by atoms with Gasteiger partial charge in [0.2, 0.25) is 0 Å². The molecule has 3 rings (SSSR count). The number of methoxy groups -OCH3 is 1. The van der Waals surface area contributed by atoms with Crippen molar-refractivity contribution < 1.29 is 9.13 Å². The van der Waals surface area contributed by atoms with Gasteiger partial charge in [0.05, 0.1) is 18.2 Å². The highest BCUT2D eigenvalue weighted by atomic mass is 79.9. The lowest BCUT2D eigenvalue weighted by molar-refractivity contribution is 0.413. The van der Waals surface area contributed by atoms with Crippen LogP contribution in [0.2, 0.25) is 0 Å². The minimum absolute atomic E-state index is 0.205. The van der Waals surface area contributed by atoms with Gasteiger partial charge in [-0.15, -0.1) is 0 Å². The smallest absolute Gasteiger partial charge is 0.168 e. The van der Waals surface area contributed by atoms with Crippen LogP contribution < -0.4 is 10.5 Å². The van der Waals surface area contributed by atoms with Crippen molar-refractivity contribution in [1.29, 1.82) is 0 Å². The zero-order valence-corrected chi connectivity index (χ0v) is 12.7. The third-order valence-corrected chi connectivity index (χ3v) is 3.60. The summed E-state index contributed by atoms with van der Waals surface area (Å²) in [6.07, 6.45) is 0. The number of fused-ring (bicyclic) bond motifs is 1. The summed E-state index contributed by atoms with van der Waals surface area (Å²) in [5, 5.41) is 0.712. The number of aromatic nitrogens is 2. The number of ether oxygens (including phenoxy) is 1. The second-order valence-corrected chi connectivity index (χ2v) is 5.33. The van der Waals surface area contributed by atoms with Crippen molar-refractivity contribution in [3.8, 4) is 17.1 Å². The molecule has 0 saturated heterocycles. The average Bonchev–Trinajstić information content (AvgIpc) is 2.47. The fourth-order valence-corrected chi connectivity index (χ4v) is 2.49. The third-order valence-electron chi connectivity index (χ3n) is 3.11. The molecule has 2 aromatic carbocycles. The molecule has 3 aromatic rings. The van der Waals surface area contributed by atoms with Crippen molar-refractivity contribution in [2.45, 2.75) is 0 Å². The topological polar surface area (TPSA) is 61.0 Å². The largest absolute Gasteiger partial charge is 0.496 e. The Morgan fingerprint density at radius 2 is 2.00 bits per heavy atom. The fourth-order valence-electron chi connectivity index (χ4n) is 2.13. The number of hydrogen-bond donors (Lipinski definition) is 1. The first-order chi connectivity index (χ1) is 10.1. The highest BCUT2D eigenvalue weighted by Crippen LogP contribution is 2.32. The molecule has 0 amide bonds. The molecule has 0 aliphatic rings. The van der Waals surface area contributed by atoms with Crippen LogP contribution >= 0.6 is 15.9 Å². The second kappa shape index (κ2) is 5.29. The lowest BCUT2D eigenvalue weighted by atomic mass is 10.1. The molecule has 106 valence electrons. The number of nitrogens with zero attached hydrogens (tertiary/aromatic N) is 2. The molecule has 1 aromatic heterocycles. The number of anilines is 1. The molecule has 0 spiro atoms. The lowest BCUT2D eigenvalue weighted by Crippen LogP contribution is -2.01. The van der Waals surface area contributed by atoms with Crippen LogP contribution in [0, 0.1) is 5.82 Å². The summed E-state index contributed by atoms with van der Waals surface area (Å²) in [5.74, 6) is 0.412. The Balaban J connectivity index is 2.29. The maximum absolute atomic E-state index is 14.1. The highest BCUT2D eigenvalue weighted by Gasteiger charge is 2.16. The molecule has 21 heavy (non-hydrogen) atoms. The zero-order chi connectivity index (χ0) is 15.0. The molecular formula is C15H11BrFN3O. The molecule has 0 bridgehead atoms. The molecule has 1 heterocycles. The number of nitrogens with two attached hydrogens (primary N) is 1. The second-order valence-electron chi connectivity index (χ2n) is 4.41. The van der Waals surface area contributed by atoms with Crippen LogP contribution in [-0.2, 0) is 0 Å². The minimum atomic E-state index is -0.454. The molecule has 0 unspecified atom stereocenters. The van der Waals surface area contributed by atoms with E-state index in [0.29, 0.717) is 22.5 Å². The van der Waals surface area contributed by atoms with Crippen molar-refractivity contribution in [1.82, 2.24) is 9.97 Å². The Morgan fingerprint density at radius 1 is 1.19 bits per heavy atom. The first-order valence-corrected chi connectivity index (χ1v) is 6.95. The monoisotopic (exact) mass is 347 g/mol. The van der Waals surface area contributed by atoms with Gasteiger partial charge in [-0.25, -0.2) is 14.4 Å². The SMILES string of the molecule is COc1cccc(F)c1-c1nc(N)c2cc(Br)ccc2n1. The van der Waals surface area contributed by atoms with Crippen LogP contribution in [0.15, 0.2) is 40.9 Å². The van der Waals surface area contributed by atoms with Crippen LogP contribution in [0.3, 0.4) is 0 Å². The van der Waals surface area contributed by atoms with Gasteiger partial charge in [-0.05, 0) is 30.3 Å². The normalized spacial score (nSPS) is 10.8. The van der Waals surface area contributed by atoms with Crippen LogP contribution in [0.4, 0.5) is 10.2 Å². The van der Waals surface area contributed by atoms with Gasteiger partial charge < -0.3 is 10.5 Å². The minimum Gasteiger partial charge on any atom is -0.496 e. The molecule has 0 fully saturated rings. The third kappa shape index (κ3) is 2.42. The summed E-state index contributed by atoms with van der Waals surface area (Å²) in [6.45, 7) is 0. The maximum Gasteiger partial charge on any atom is 0.168 e. The van der Waals surface area contributed by atoms with E-state index >= 15 is 0 Å². The van der Waals surface area contributed by atoms with Gasteiger partial charge in [-0.1, -0.05) is 22.0 Å². The molecule has 6 heteroatoms. The molecule has 0 aliphatic carbocycles. The van der Waals surface area contributed by atoms with Gasteiger partial charge in [-0.2, -0.15) is 0 Å². The Morgan fingerprint density at radius 3 is 2.76 bits per heavy atom. The van der Waals surface area contributed by atoms with E-state index in [2.05, 4.69) is 25.9 Å². The summed E-state index contributed by atoms with van der Waals surface area (Å²) in [5.41, 5.74) is 6.82. The summed E-state index contributed by atoms with van der Waals surface area (Å²) in [4.78, 5) is 8.59. The van der Waals surface area contributed by atoms with Gasteiger partial charge in [-0.3, -0.25) is 0 Å². The molecule has 2 N–H and O–H groups in total. The highest BCUT2D eigenvalue weighted by molar-refractivity contribution is 9.10. The summed E-state index contributed by atoms with van der Waals surface area (Å²) in [6, 6.07) is 10.0. The molecule has 4 nitrogen and oxygen atoms in total.